The third kappa shape index (κ3) is 4.42. The average molecular weight is 370 g/mol. The number of anilines is 1. The molecule has 1 amide bonds. The molecular weight excluding hydrogens is 349 g/mol. The van der Waals surface area contributed by atoms with Crippen LogP contribution in [-0.4, -0.2) is 49.1 Å². The third-order valence-electron chi connectivity index (χ3n) is 4.11. The van der Waals surface area contributed by atoms with Gasteiger partial charge in [0.05, 0.1) is 0 Å². The van der Waals surface area contributed by atoms with Crippen molar-refractivity contribution in [1.82, 2.24) is 4.90 Å². The van der Waals surface area contributed by atoms with Crippen LogP contribution >= 0.6 is 0 Å². The number of benzene rings is 1. The zero-order chi connectivity index (χ0) is 19.1. The monoisotopic (exact) mass is 370 g/mol. The van der Waals surface area contributed by atoms with Gasteiger partial charge in [-0.25, -0.2) is 4.79 Å². The largest absolute Gasteiger partial charge is 0.573 e. The van der Waals surface area contributed by atoms with Crippen LogP contribution in [0.5, 0.6) is 5.75 Å². The van der Waals surface area contributed by atoms with E-state index in [9.17, 15) is 18.0 Å². The van der Waals surface area contributed by atoms with E-state index < -0.39 is 12.0 Å². The van der Waals surface area contributed by atoms with Crippen LogP contribution in [0.25, 0.3) is 0 Å². The second-order valence-electron chi connectivity index (χ2n) is 7.44. The first kappa shape index (κ1) is 18.4. The van der Waals surface area contributed by atoms with Gasteiger partial charge in [0.1, 0.15) is 11.4 Å². The summed E-state index contributed by atoms with van der Waals surface area (Å²) >= 11 is 0. The number of ether oxygens (including phenoxy) is 2. The molecule has 1 aromatic rings. The molecule has 1 aromatic carbocycles. The van der Waals surface area contributed by atoms with Crippen LogP contribution in [0.2, 0.25) is 0 Å². The van der Waals surface area contributed by atoms with Gasteiger partial charge in [-0.1, -0.05) is 0 Å². The Kier molecular flexibility index (Phi) is 4.54. The van der Waals surface area contributed by atoms with Crippen molar-refractivity contribution in [1.29, 1.82) is 0 Å². The topological polar surface area (TPSA) is 42.0 Å². The second-order valence-corrected chi connectivity index (χ2v) is 7.44. The van der Waals surface area contributed by atoms with E-state index in [1.165, 1.54) is 12.1 Å². The number of carbonyl (C=O) groups is 1. The van der Waals surface area contributed by atoms with Gasteiger partial charge >= 0.3 is 12.5 Å². The Bertz CT molecular complexity index is 703. The Balaban J connectivity index is 1.56. The maximum atomic E-state index is 12.2. The van der Waals surface area contributed by atoms with E-state index in [1.807, 2.05) is 20.8 Å². The van der Waals surface area contributed by atoms with Gasteiger partial charge in [0.15, 0.2) is 0 Å². The fourth-order valence-corrected chi connectivity index (χ4v) is 3.08. The van der Waals surface area contributed by atoms with Gasteiger partial charge in [-0.15, -0.1) is 13.2 Å². The van der Waals surface area contributed by atoms with E-state index in [0.29, 0.717) is 26.2 Å². The van der Waals surface area contributed by atoms with Gasteiger partial charge < -0.3 is 19.3 Å². The molecule has 2 aliphatic heterocycles. The highest BCUT2D eigenvalue weighted by molar-refractivity contribution is 5.71. The zero-order valence-electron chi connectivity index (χ0n) is 14.9. The van der Waals surface area contributed by atoms with Crippen LogP contribution in [0.4, 0.5) is 23.7 Å². The highest BCUT2D eigenvalue weighted by Gasteiger charge is 2.34. The fourth-order valence-electron chi connectivity index (χ4n) is 3.08. The van der Waals surface area contributed by atoms with Crippen LogP contribution in [0.3, 0.4) is 0 Å². The lowest BCUT2D eigenvalue weighted by molar-refractivity contribution is -0.274. The zero-order valence-corrected chi connectivity index (χ0v) is 14.9. The van der Waals surface area contributed by atoms with Gasteiger partial charge in [0.25, 0.3) is 0 Å². The molecule has 8 heteroatoms. The smallest absolute Gasteiger partial charge is 0.444 e. The molecule has 0 aromatic heterocycles. The van der Waals surface area contributed by atoms with Crippen molar-refractivity contribution in [2.75, 3.05) is 31.1 Å². The number of alkyl halides is 3. The van der Waals surface area contributed by atoms with E-state index in [4.69, 9.17) is 4.74 Å². The van der Waals surface area contributed by atoms with Gasteiger partial charge in [-0.3, -0.25) is 0 Å². The fraction of sp³-hybridized carbons (Fsp3) is 0.500. The Morgan fingerprint density at radius 2 is 1.50 bits per heavy atom. The Morgan fingerprint density at radius 3 is 1.96 bits per heavy atom. The lowest BCUT2D eigenvalue weighted by Crippen LogP contribution is -2.38. The summed E-state index contributed by atoms with van der Waals surface area (Å²) < 4.78 is 45.9. The highest BCUT2D eigenvalue weighted by atomic mass is 19.4. The molecule has 26 heavy (non-hydrogen) atoms. The summed E-state index contributed by atoms with van der Waals surface area (Å²) in [4.78, 5) is 15.9. The summed E-state index contributed by atoms with van der Waals surface area (Å²) in [7, 11) is 0. The number of rotatable bonds is 2. The molecule has 0 saturated heterocycles. The molecule has 0 unspecified atom stereocenters. The van der Waals surface area contributed by atoms with E-state index in [1.54, 1.807) is 17.0 Å². The average Bonchev–Trinajstić information content (AvgIpc) is 3.03. The first-order valence-corrected chi connectivity index (χ1v) is 8.29. The minimum Gasteiger partial charge on any atom is -0.444 e. The van der Waals surface area contributed by atoms with Crippen LogP contribution in [-0.2, 0) is 4.74 Å². The predicted molar refractivity (Wildman–Crippen MR) is 90.2 cm³/mol. The van der Waals surface area contributed by atoms with Gasteiger partial charge in [0.2, 0.25) is 0 Å². The number of carbonyl (C=O) groups excluding carboxylic acids is 1. The van der Waals surface area contributed by atoms with Crippen molar-refractivity contribution in [3.63, 3.8) is 0 Å². The van der Waals surface area contributed by atoms with Crippen molar-refractivity contribution in [3.8, 4) is 5.75 Å². The molecule has 3 rings (SSSR count). The lowest BCUT2D eigenvalue weighted by atomic mass is 10.2. The molecule has 2 aliphatic rings. The molecule has 142 valence electrons. The maximum Gasteiger partial charge on any atom is 0.573 e. The lowest BCUT2D eigenvalue weighted by Gasteiger charge is -2.27. The van der Waals surface area contributed by atoms with Gasteiger partial charge in [0, 0.05) is 31.9 Å². The van der Waals surface area contributed by atoms with E-state index in [2.05, 4.69) is 9.64 Å². The van der Waals surface area contributed by atoms with Crippen LogP contribution in [0, 0.1) is 0 Å². The standard InChI is InChI=1S/C18H21F3N2O3/c1-17(2,3)26-16(24)23-10-12-8-22(9-13(12)11-23)14-4-6-15(7-5-14)25-18(19,20)21/h4-7H,8-11H2,1-3H3. The minimum absolute atomic E-state index is 0.239. The number of amides is 1. The summed E-state index contributed by atoms with van der Waals surface area (Å²) in [5.74, 6) is -0.239. The van der Waals surface area contributed by atoms with Crippen molar-refractivity contribution in [3.05, 3.63) is 35.4 Å². The molecule has 0 saturated carbocycles. The molecule has 0 radical (unpaired) electrons. The normalized spacial score (nSPS) is 17.6. The Labute approximate surface area is 150 Å². The van der Waals surface area contributed by atoms with E-state index in [0.717, 1.165) is 16.8 Å². The maximum absolute atomic E-state index is 12.2. The molecule has 0 N–H and O–H groups in total. The van der Waals surface area contributed by atoms with E-state index >= 15 is 0 Å². The van der Waals surface area contributed by atoms with Crippen LogP contribution in [0.15, 0.2) is 35.4 Å². The SMILES string of the molecule is CC(C)(C)OC(=O)N1CC2=C(C1)CN(c1ccc(OC(F)(F)F)cc1)C2. The van der Waals surface area contributed by atoms with Crippen molar-refractivity contribution < 1.29 is 27.4 Å². The summed E-state index contributed by atoms with van der Waals surface area (Å²) in [6.45, 7) is 7.83. The Morgan fingerprint density at radius 1 is 0.962 bits per heavy atom. The number of nitrogens with zero attached hydrogens (tertiary/aromatic N) is 2. The molecule has 0 aliphatic carbocycles. The summed E-state index contributed by atoms with van der Waals surface area (Å²) in [6, 6.07) is 5.82. The molecule has 2 heterocycles. The predicted octanol–water partition coefficient (Wildman–Crippen LogP) is 3.95. The first-order chi connectivity index (χ1) is 12.0. The van der Waals surface area contributed by atoms with Crippen LogP contribution < -0.4 is 9.64 Å². The third-order valence-corrected chi connectivity index (χ3v) is 4.11. The summed E-state index contributed by atoms with van der Waals surface area (Å²) in [5.41, 5.74) is 2.60. The summed E-state index contributed by atoms with van der Waals surface area (Å²) in [6.07, 6.45) is -5.02. The quantitative estimate of drug-likeness (QED) is 0.740. The summed E-state index contributed by atoms with van der Waals surface area (Å²) in [5, 5.41) is 0. The molecule has 0 fully saturated rings. The first-order valence-electron chi connectivity index (χ1n) is 8.29. The van der Waals surface area contributed by atoms with Gasteiger partial charge in [-0.2, -0.15) is 0 Å². The molecule has 0 atom stereocenters. The molecule has 0 spiro atoms. The van der Waals surface area contributed by atoms with E-state index in [-0.39, 0.29) is 11.8 Å². The molecular formula is C18H21F3N2O3. The molecule has 5 nitrogen and oxygen atoms in total. The Hall–Kier alpha value is -2.38. The second kappa shape index (κ2) is 6.41. The highest BCUT2D eigenvalue weighted by Crippen LogP contribution is 2.32. The van der Waals surface area contributed by atoms with Crippen molar-refractivity contribution in [2.24, 2.45) is 0 Å². The van der Waals surface area contributed by atoms with Crippen molar-refractivity contribution in [2.45, 2.75) is 32.7 Å². The minimum atomic E-state index is -4.69. The molecule has 0 bridgehead atoms. The number of halogens is 3. The van der Waals surface area contributed by atoms with Gasteiger partial charge in [-0.05, 0) is 56.2 Å². The number of hydrogen-bond acceptors (Lipinski definition) is 4. The number of hydrogen-bond donors (Lipinski definition) is 0. The van der Waals surface area contributed by atoms with Crippen LogP contribution in [0.1, 0.15) is 20.8 Å². The van der Waals surface area contributed by atoms with Crippen molar-refractivity contribution >= 4 is 11.8 Å².